The fourth-order valence-corrected chi connectivity index (χ4v) is 6.06. The van der Waals surface area contributed by atoms with Gasteiger partial charge in [-0.2, -0.15) is 4.31 Å². The number of carbonyl (C=O) groups is 1. The predicted octanol–water partition coefficient (Wildman–Crippen LogP) is 2.47. The van der Waals surface area contributed by atoms with Crippen LogP contribution in [0.25, 0.3) is 11.0 Å². The fraction of sp³-hybridized carbons (Fsp3) is 0.333. The molecule has 27 heavy (non-hydrogen) atoms. The maximum Gasteiger partial charge on any atom is 0.264 e. The van der Waals surface area contributed by atoms with Crippen LogP contribution >= 0.6 is 11.3 Å². The number of aromatic nitrogens is 2. The second-order valence-electron chi connectivity index (χ2n) is 6.68. The number of H-pyrrole nitrogens is 1. The quantitative estimate of drug-likeness (QED) is 0.727. The Balaban J connectivity index is 1.57. The number of aryl methyl sites for hydroxylation is 1. The molecule has 0 unspecified atom stereocenters. The SMILES string of the molecule is Cc1ccc(C(=O)N2CCN(S(=O)(=O)c3c[nH]c4ncccc34)[C@H](C)C2)s1. The van der Waals surface area contributed by atoms with Crippen molar-refractivity contribution in [1.29, 1.82) is 0 Å². The van der Waals surface area contributed by atoms with Crippen molar-refractivity contribution >= 4 is 38.3 Å². The number of carbonyl (C=O) groups excluding carboxylic acids is 1. The minimum absolute atomic E-state index is 0.0340. The first kappa shape index (κ1) is 18.1. The van der Waals surface area contributed by atoms with Gasteiger partial charge in [-0.3, -0.25) is 4.79 Å². The lowest BCUT2D eigenvalue weighted by Crippen LogP contribution is -2.55. The van der Waals surface area contributed by atoms with Crippen LogP contribution in [-0.2, 0) is 10.0 Å². The number of sulfonamides is 1. The molecule has 0 aromatic carbocycles. The van der Waals surface area contributed by atoms with Crippen LogP contribution in [0.2, 0.25) is 0 Å². The van der Waals surface area contributed by atoms with E-state index >= 15 is 0 Å². The van der Waals surface area contributed by atoms with Crippen molar-refractivity contribution in [3.63, 3.8) is 0 Å². The smallest absolute Gasteiger partial charge is 0.264 e. The molecule has 4 heterocycles. The van der Waals surface area contributed by atoms with Crippen molar-refractivity contribution in [1.82, 2.24) is 19.2 Å². The van der Waals surface area contributed by atoms with Gasteiger partial charge in [-0.1, -0.05) is 0 Å². The topological polar surface area (TPSA) is 86.4 Å². The van der Waals surface area contributed by atoms with Crippen molar-refractivity contribution in [2.45, 2.75) is 24.8 Å². The van der Waals surface area contributed by atoms with E-state index in [2.05, 4.69) is 9.97 Å². The van der Waals surface area contributed by atoms with Crippen molar-refractivity contribution < 1.29 is 13.2 Å². The molecular formula is C18H20N4O3S2. The lowest BCUT2D eigenvalue weighted by Gasteiger charge is -2.38. The van der Waals surface area contributed by atoms with Crippen molar-refractivity contribution in [2.24, 2.45) is 0 Å². The van der Waals surface area contributed by atoms with Gasteiger partial charge in [-0.05, 0) is 38.1 Å². The molecule has 3 aromatic heterocycles. The number of thiophene rings is 1. The van der Waals surface area contributed by atoms with Crippen LogP contribution in [0.3, 0.4) is 0 Å². The summed E-state index contributed by atoms with van der Waals surface area (Å²) in [5.74, 6) is -0.0340. The maximum atomic E-state index is 13.2. The molecule has 1 N–H and O–H groups in total. The highest BCUT2D eigenvalue weighted by molar-refractivity contribution is 7.89. The van der Waals surface area contributed by atoms with E-state index in [1.165, 1.54) is 21.8 Å². The van der Waals surface area contributed by atoms with E-state index in [1.807, 2.05) is 26.0 Å². The molecule has 1 fully saturated rings. The average molecular weight is 405 g/mol. The maximum absolute atomic E-state index is 13.2. The van der Waals surface area contributed by atoms with Crippen molar-refractivity contribution in [3.8, 4) is 0 Å². The van der Waals surface area contributed by atoms with Gasteiger partial charge in [0.05, 0.1) is 4.88 Å². The van der Waals surface area contributed by atoms with E-state index < -0.39 is 10.0 Å². The number of rotatable bonds is 3. The largest absolute Gasteiger partial charge is 0.345 e. The Bertz CT molecular complexity index is 1100. The first-order valence-electron chi connectivity index (χ1n) is 8.67. The van der Waals surface area contributed by atoms with Gasteiger partial charge >= 0.3 is 0 Å². The summed E-state index contributed by atoms with van der Waals surface area (Å²) >= 11 is 1.46. The van der Waals surface area contributed by atoms with Gasteiger partial charge in [-0.25, -0.2) is 13.4 Å². The minimum atomic E-state index is -3.68. The highest BCUT2D eigenvalue weighted by Crippen LogP contribution is 2.28. The molecule has 1 atom stereocenters. The fourth-order valence-electron chi connectivity index (χ4n) is 3.46. The van der Waals surface area contributed by atoms with Gasteiger partial charge < -0.3 is 9.88 Å². The summed E-state index contributed by atoms with van der Waals surface area (Å²) in [6.07, 6.45) is 3.11. The van der Waals surface area contributed by atoms with Crippen LogP contribution in [0, 0.1) is 6.92 Å². The van der Waals surface area contributed by atoms with Crippen LogP contribution in [-0.4, -0.2) is 59.2 Å². The summed E-state index contributed by atoms with van der Waals surface area (Å²) in [4.78, 5) is 23.5. The first-order chi connectivity index (χ1) is 12.9. The number of piperazine rings is 1. The summed E-state index contributed by atoms with van der Waals surface area (Å²) in [7, 11) is -3.68. The van der Waals surface area contributed by atoms with E-state index in [-0.39, 0.29) is 23.4 Å². The predicted molar refractivity (Wildman–Crippen MR) is 104 cm³/mol. The third-order valence-corrected chi connectivity index (χ3v) is 7.85. The Kier molecular flexibility index (Phi) is 4.53. The van der Waals surface area contributed by atoms with Gasteiger partial charge in [-0.15, -0.1) is 11.3 Å². The molecule has 0 saturated carbocycles. The van der Waals surface area contributed by atoms with E-state index in [1.54, 1.807) is 23.2 Å². The molecule has 1 saturated heterocycles. The Hall–Kier alpha value is -2.23. The molecule has 0 bridgehead atoms. The van der Waals surface area contributed by atoms with Crippen LogP contribution in [0.4, 0.5) is 0 Å². The molecule has 1 aliphatic heterocycles. The number of nitrogens with zero attached hydrogens (tertiary/aromatic N) is 3. The van der Waals surface area contributed by atoms with Crippen LogP contribution < -0.4 is 0 Å². The zero-order chi connectivity index (χ0) is 19.2. The summed E-state index contributed by atoms with van der Waals surface area (Å²) in [5.41, 5.74) is 0.547. The highest BCUT2D eigenvalue weighted by Gasteiger charge is 2.36. The van der Waals surface area contributed by atoms with E-state index in [9.17, 15) is 13.2 Å². The Morgan fingerprint density at radius 1 is 1.30 bits per heavy atom. The van der Waals surface area contributed by atoms with Crippen LogP contribution in [0.1, 0.15) is 21.5 Å². The average Bonchev–Trinajstić information content (AvgIpc) is 3.27. The molecule has 9 heteroatoms. The molecule has 3 aromatic rings. The Morgan fingerprint density at radius 3 is 2.81 bits per heavy atom. The van der Waals surface area contributed by atoms with Crippen LogP contribution in [0.5, 0.6) is 0 Å². The number of aromatic amines is 1. The number of hydrogen-bond acceptors (Lipinski definition) is 5. The summed E-state index contributed by atoms with van der Waals surface area (Å²) in [6.45, 7) is 4.82. The van der Waals surface area contributed by atoms with Crippen molar-refractivity contribution in [2.75, 3.05) is 19.6 Å². The van der Waals surface area contributed by atoms with Crippen LogP contribution in [0.15, 0.2) is 41.6 Å². The Labute approximate surface area is 161 Å². The molecular weight excluding hydrogens is 384 g/mol. The third kappa shape index (κ3) is 3.15. The molecule has 7 nitrogen and oxygen atoms in total. The first-order valence-corrected chi connectivity index (χ1v) is 10.9. The Morgan fingerprint density at radius 2 is 2.11 bits per heavy atom. The monoisotopic (exact) mass is 404 g/mol. The number of nitrogens with one attached hydrogen (secondary N) is 1. The second kappa shape index (κ2) is 6.74. The van der Waals surface area contributed by atoms with Gasteiger partial charge in [0.2, 0.25) is 10.0 Å². The molecule has 1 amide bonds. The standard InChI is InChI=1S/C18H20N4O3S2/c1-12-11-21(18(23)15-6-5-13(2)26-15)8-9-22(12)27(24,25)16-10-20-17-14(16)4-3-7-19-17/h3-7,10,12H,8-9,11H2,1-2H3,(H,19,20)/t12-/m1/s1. The number of fused-ring (bicyclic) bond motifs is 1. The highest BCUT2D eigenvalue weighted by atomic mass is 32.2. The van der Waals surface area contributed by atoms with E-state index in [0.717, 1.165) is 4.88 Å². The summed E-state index contributed by atoms with van der Waals surface area (Å²) < 4.78 is 27.9. The molecule has 0 radical (unpaired) electrons. The molecule has 0 spiro atoms. The van der Waals surface area contributed by atoms with Crippen molar-refractivity contribution in [3.05, 3.63) is 46.4 Å². The van der Waals surface area contributed by atoms with Gasteiger partial charge in [0, 0.05) is 48.3 Å². The minimum Gasteiger partial charge on any atom is -0.345 e. The lowest BCUT2D eigenvalue weighted by atomic mass is 10.2. The molecule has 4 rings (SSSR count). The van der Waals surface area contributed by atoms with E-state index in [4.69, 9.17) is 0 Å². The van der Waals surface area contributed by atoms with Gasteiger partial charge in [0.25, 0.3) is 5.91 Å². The number of hydrogen-bond donors (Lipinski definition) is 1. The second-order valence-corrected chi connectivity index (χ2v) is 9.83. The molecule has 1 aliphatic rings. The normalized spacial score (nSPS) is 18.9. The number of pyridine rings is 1. The molecule has 0 aliphatic carbocycles. The summed E-state index contributed by atoms with van der Waals surface area (Å²) in [6, 6.07) is 6.91. The number of amides is 1. The zero-order valence-electron chi connectivity index (χ0n) is 15.0. The van der Waals surface area contributed by atoms with Gasteiger partial charge in [0.1, 0.15) is 10.5 Å². The third-order valence-electron chi connectivity index (χ3n) is 4.80. The lowest BCUT2D eigenvalue weighted by molar-refractivity contribution is 0.0647. The summed E-state index contributed by atoms with van der Waals surface area (Å²) in [5, 5.41) is 0.581. The van der Waals surface area contributed by atoms with Gasteiger partial charge in [0.15, 0.2) is 0 Å². The zero-order valence-corrected chi connectivity index (χ0v) is 16.7. The van der Waals surface area contributed by atoms with E-state index in [0.29, 0.717) is 29.0 Å². The molecule has 142 valence electrons.